The minimum absolute atomic E-state index is 0.138. The fraction of sp³-hybridized carbons (Fsp3) is 0.471. The molecule has 25 heavy (non-hydrogen) atoms. The van der Waals surface area contributed by atoms with Gasteiger partial charge in [-0.15, -0.1) is 0 Å². The number of ether oxygens (including phenoxy) is 2. The quantitative estimate of drug-likeness (QED) is 0.757. The van der Waals surface area contributed by atoms with Crippen molar-refractivity contribution in [1.29, 1.82) is 0 Å². The van der Waals surface area contributed by atoms with E-state index in [0.29, 0.717) is 31.2 Å². The molecule has 0 saturated heterocycles. The average molecular weight is 366 g/mol. The third-order valence-electron chi connectivity index (χ3n) is 4.03. The summed E-state index contributed by atoms with van der Waals surface area (Å²) in [6, 6.07) is 5.92. The predicted molar refractivity (Wildman–Crippen MR) is 91.5 cm³/mol. The van der Waals surface area contributed by atoms with Crippen molar-refractivity contribution in [3.05, 3.63) is 35.2 Å². The van der Waals surface area contributed by atoms with Gasteiger partial charge in [0.2, 0.25) is 10.0 Å². The van der Waals surface area contributed by atoms with Gasteiger partial charge in [0.1, 0.15) is 23.8 Å². The second kappa shape index (κ2) is 7.45. The first-order valence-electron chi connectivity index (χ1n) is 8.28. The summed E-state index contributed by atoms with van der Waals surface area (Å²) in [6.07, 6.45) is 2.45. The minimum Gasteiger partial charge on any atom is -0.486 e. The van der Waals surface area contributed by atoms with Crippen LogP contribution in [0.25, 0.3) is 0 Å². The Kier molecular flexibility index (Phi) is 5.29. The van der Waals surface area contributed by atoms with E-state index in [2.05, 4.69) is 9.88 Å². The number of sulfonamides is 1. The van der Waals surface area contributed by atoms with E-state index in [-0.39, 0.29) is 4.90 Å². The molecule has 0 amide bonds. The molecule has 1 N–H and O–H groups in total. The predicted octanol–water partition coefficient (Wildman–Crippen LogP) is 2.36. The van der Waals surface area contributed by atoms with Crippen molar-refractivity contribution in [1.82, 2.24) is 9.88 Å². The number of rotatable bonds is 7. The van der Waals surface area contributed by atoms with Crippen LogP contribution in [-0.2, 0) is 16.4 Å². The summed E-state index contributed by atoms with van der Waals surface area (Å²) in [5.41, 5.74) is 1.53. The van der Waals surface area contributed by atoms with E-state index < -0.39 is 10.0 Å². The van der Waals surface area contributed by atoms with Crippen molar-refractivity contribution in [3.8, 4) is 11.5 Å². The SMILES string of the molecule is Cc1noc(C)c1S(=O)(=O)NCCCCc1ccc2c(c1)OCCO2. The summed E-state index contributed by atoms with van der Waals surface area (Å²) in [5, 5.41) is 3.69. The Bertz CT molecular complexity index is 825. The van der Waals surface area contributed by atoms with Gasteiger partial charge in [-0.05, 0) is 50.8 Å². The van der Waals surface area contributed by atoms with Gasteiger partial charge in [-0.1, -0.05) is 11.2 Å². The molecule has 0 atom stereocenters. The van der Waals surface area contributed by atoms with Gasteiger partial charge in [0.25, 0.3) is 0 Å². The molecule has 0 aliphatic carbocycles. The maximum atomic E-state index is 12.3. The Morgan fingerprint density at radius 2 is 1.88 bits per heavy atom. The molecule has 1 aromatic heterocycles. The topological polar surface area (TPSA) is 90.7 Å². The highest BCUT2D eigenvalue weighted by atomic mass is 32.2. The fourth-order valence-electron chi connectivity index (χ4n) is 2.83. The Labute approximate surface area is 147 Å². The summed E-state index contributed by atoms with van der Waals surface area (Å²) in [7, 11) is -3.58. The summed E-state index contributed by atoms with van der Waals surface area (Å²) in [4.78, 5) is 0.138. The molecule has 2 aromatic rings. The molecule has 1 aromatic carbocycles. The van der Waals surface area contributed by atoms with Crippen LogP contribution in [0.4, 0.5) is 0 Å². The number of nitrogens with one attached hydrogen (secondary N) is 1. The van der Waals surface area contributed by atoms with Gasteiger partial charge in [-0.25, -0.2) is 13.1 Å². The molecule has 0 spiro atoms. The van der Waals surface area contributed by atoms with E-state index in [9.17, 15) is 8.42 Å². The second-order valence-corrected chi connectivity index (χ2v) is 7.69. The number of benzene rings is 1. The Morgan fingerprint density at radius 1 is 1.12 bits per heavy atom. The van der Waals surface area contributed by atoms with Crippen molar-refractivity contribution < 1.29 is 22.4 Å². The van der Waals surface area contributed by atoms with E-state index in [1.807, 2.05) is 18.2 Å². The molecule has 3 rings (SSSR count). The van der Waals surface area contributed by atoms with Crippen molar-refractivity contribution >= 4 is 10.0 Å². The van der Waals surface area contributed by atoms with Crippen LogP contribution in [0.2, 0.25) is 0 Å². The van der Waals surface area contributed by atoms with Crippen molar-refractivity contribution in [2.24, 2.45) is 0 Å². The first kappa shape index (κ1) is 17.8. The standard InChI is InChI=1S/C17H22N2O5S/c1-12-17(13(2)24-19-12)25(20,21)18-8-4-3-5-14-6-7-15-16(11-14)23-10-9-22-15/h6-7,11,18H,3-5,8-10H2,1-2H3. The number of hydrogen-bond acceptors (Lipinski definition) is 6. The fourth-order valence-corrected chi connectivity index (χ4v) is 4.23. The Balaban J connectivity index is 1.47. The number of aryl methyl sites for hydroxylation is 3. The molecule has 0 fully saturated rings. The molecule has 0 bridgehead atoms. The highest BCUT2D eigenvalue weighted by Crippen LogP contribution is 2.31. The second-order valence-electron chi connectivity index (χ2n) is 5.99. The molecular formula is C17H22N2O5S. The van der Waals surface area contributed by atoms with Crippen molar-refractivity contribution in [2.45, 2.75) is 38.0 Å². The van der Waals surface area contributed by atoms with Crippen LogP contribution in [0.1, 0.15) is 29.9 Å². The normalized spacial score (nSPS) is 13.8. The molecule has 1 aliphatic heterocycles. The van der Waals surface area contributed by atoms with E-state index in [4.69, 9.17) is 14.0 Å². The van der Waals surface area contributed by atoms with Crippen LogP contribution in [0.3, 0.4) is 0 Å². The van der Waals surface area contributed by atoms with E-state index in [0.717, 1.165) is 36.3 Å². The molecule has 0 saturated carbocycles. The van der Waals surface area contributed by atoms with Gasteiger partial charge in [0.15, 0.2) is 17.3 Å². The summed E-state index contributed by atoms with van der Waals surface area (Å²) >= 11 is 0. The molecule has 7 nitrogen and oxygen atoms in total. The van der Waals surface area contributed by atoms with Crippen LogP contribution in [-0.4, -0.2) is 33.3 Å². The summed E-state index contributed by atoms with van der Waals surface area (Å²) in [5.74, 6) is 1.87. The third-order valence-corrected chi connectivity index (χ3v) is 5.73. The van der Waals surface area contributed by atoms with Gasteiger partial charge >= 0.3 is 0 Å². The maximum Gasteiger partial charge on any atom is 0.245 e. The lowest BCUT2D eigenvalue weighted by molar-refractivity contribution is 0.171. The van der Waals surface area contributed by atoms with Gasteiger partial charge in [0.05, 0.1) is 0 Å². The number of unbranched alkanes of at least 4 members (excludes halogenated alkanes) is 1. The first-order chi connectivity index (χ1) is 12.0. The molecule has 0 radical (unpaired) electrons. The lowest BCUT2D eigenvalue weighted by atomic mass is 10.1. The van der Waals surface area contributed by atoms with Crippen LogP contribution >= 0.6 is 0 Å². The van der Waals surface area contributed by atoms with Crippen LogP contribution < -0.4 is 14.2 Å². The van der Waals surface area contributed by atoms with Gasteiger partial charge < -0.3 is 14.0 Å². The van der Waals surface area contributed by atoms with E-state index in [1.165, 1.54) is 0 Å². The van der Waals surface area contributed by atoms with Crippen molar-refractivity contribution in [3.63, 3.8) is 0 Å². The average Bonchev–Trinajstić information content (AvgIpc) is 2.93. The zero-order chi connectivity index (χ0) is 17.9. The minimum atomic E-state index is -3.58. The van der Waals surface area contributed by atoms with Gasteiger partial charge in [0, 0.05) is 6.54 Å². The first-order valence-corrected chi connectivity index (χ1v) is 9.77. The Hall–Kier alpha value is -2.06. The highest BCUT2D eigenvalue weighted by Gasteiger charge is 2.23. The summed E-state index contributed by atoms with van der Waals surface area (Å²) < 4.78 is 43.2. The number of fused-ring (bicyclic) bond motifs is 1. The molecule has 2 heterocycles. The molecule has 0 unspecified atom stereocenters. The zero-order valence-electron chi connectivity index (χ0n) is 14.4. The van der Waals surface area contributed by atoms with Crippen molar-refractivity contribution in [2.75, 3.05) is 19.8 Å². The number of aromatic nitrogens is 1. The van der Waals surface area contributed by atoms with E-state index in [1.54, 1.807) is 13.8 Å². The monoisotopic (exact) mass is 366 g/mol. The third kappa shape index (κ3) is 4.13. The molecular weight excluding hydrogens is 344 g/mol. The number of nitrogens with zero attached hydrogens (tertiary/aromatic N) is 1. The Morgan fingerprint density at radius 3 is 2.60 bits per heavy atom. The number of hydrogen-bond donors (Lipinski definition) is 1. The molecule has 136 valence electrons. The van der Waals surface area contributed by atoms with Gasteiger partial charge in [-0.3, -0.25) is 0 Å². The molecule has 1 aliphatic rings. The lowest BCUT2D eigenvalue weighted by Gasteiger charge is -2.18. The smallest absolute Gasteiger partial charge is 0.245 e. The maximum absolute atomic E-state index is 12.3. The van der Waals surface area contributed by atoms with Crippen LogP contribution in [0.5, 0.6) is 11.5 Å². The zero-order valence-corrected chi connectivity index (χ0v) is 15.2. The summed E-state index contributed by atoms with van der Waals surface area (Å²) in [6.45, 7) is 4.73. The van der Waals surface area contributed by atoms with E-state index >= 15 is 0 Å². The lowest BCUT2D eigenvalue weighted by Crippen LogP contribution is -2.25. The van der Waals surface area contributed by atoms with Crippen LogP contribution in [0.15, 0.2) is 27.6 Å². The van der Waals surface area contributed by atoms with Gasteiger partial charge in [-0.2, -0.15) is 0 Å². The van der Waals surface area contributed by atoms with Crippen LogP contribution in [0, 0.1) is 13.8 Å². The molecule has 8 heteroatoms. The largest absolute Gasteiger partial charge is 0.486 e. The highest BCUT2D eigenvalue weighted by molar-refractivity contribution is 7.89.